The number of rotatable bonds is 8. The molecule has 29 heavy (non-hydrogen) atoms. The number of hydrogen-bond acceptors (Lipinski definition) is 5. The fourth-order valence-electron chi connectivity index (χ4n) is 3.84. The minimum atomic E-state index is -0.0619. The summed E-state index contributed by atoms with van der Waals surface area (Å²) in [6.45, 7) is 6.99. The molecule has 1 aromatic carbocycles. The van der Waals surface area contributed by atoms with Crippen LogP contribution in [0.4, 0.5) is 0 Å². The van der Waals surface area contributed by atoms with Gasteiger partial charge in [0.25, 0.3) is 5.91 Å². The monoisotopic (exact) mass is 405 g/mol. The van der Waals surface area contributed by atoms with Gasteiger partial charge in [0, 0.05) is 43.7 Å². The summed E-state index contributed by atoms with van der Waals surface area (Å²) >= 11 is 0. The van der Waals surface area contributed by atoms with Crippen LogP contribution in [0.15, 0.2) is 18.2 Å². The van der Waals surface area contributed by atoms with Crippen LogP contribution in [0.25, 0.3) is 0 Å². The fourth-order valence-corrected chi connectivity index (χ4v) is 3.84. The molecule has 1 aromatic rings. The summed E-state index contributed by atoms with van der Waals surface area (Å²) in [5.74, 6) is 1.15. The highest BCUT2D eigenvalue weighted by atomic mass is 16.5. The minimum absolute atomic E-state index is 0.0151. The topological polar surface area (TPSA) is 71.1 Å². The van der Waals surface area contributed by atoms with Crippen molar-refractivity contribution in [1.82, 2.24) is 15.1 Å². The third-order valence-electron chi connectivity index (χ3n) is 5.24. The molecule has 0 saturated carbocycles. The molecular formula is C22H35N3O4. The van der Waals surface area contributed by atoms with Crippen LogP contribution in [-0.4, -0.2) is 76.1 Å². The first kappa shape index (κ1) is 23.0. The summed E-state index contributed by atoms with van der Waals surface area (Å²) in [5.41, 5.74) is 0.552. The number of carbonyl (C=O) groups is 2. The number of methoxy groups -OCH3 is 2. The summed E-state index contributed by atoms with van der Waals surface area (Å²) < 4.78 is 10.5. The van der Waals surface area contributed by atoms with Gasteiger partial charge in [0.05, 0.1) is 14.2 Å². The van der Waals surface area contributed by atoms with Crippen LogP contribution in [0.2, 0.25) is 0 Å². The van der Waals surface area contributed by atoms with Crippen molar-refractivity contribution in [3.8, 4) is 11.5 Å². The van der Waals surface area contributed by atoms with E-state index >= 15 is 0 Å². The lowest BCUT2D eigenvalue weighted by Crippen LogP contribution is -2.46. The second kappa shape index (κ2) is 9.96. The molecule has 1 aliphatic rings. The largest absolute Gasteiger partial charge is 0.497 e. The highest BCUT2D eigenvalue weighted by molar-refractivity contribution is 5.95. The number of carbonyl (C=O) groups excluding carboxylic acids is 2. The van der Waals surface area contributed by atoms with Crippen molar-refractivity contribution in [3.05, 3.63) is 23.8 Å². The lowest BCUT2D eigenvalue weighted by atomic mass is 9.91. The van der Waals surface area contributed by atoms with E-state index < -0.39 is 0 Å². The Labute approximate surface area is 174 Å². The Morgan fingerprint density at radius 3 is 2.14 bits per heavy atom. The first-order chi connectivity index (χ1) is 13.6. The van der Waals surface area contributed by atoms with Crippen molar-refractivity contribution in [2.45, 2.75) is 26.7 Å². The molecule has 1 heterocycles. The van der Waals surface area contributed by atoms with Gasteiger partial charge in [0.2, 0.25) is 5.91 Å². The molecular weight excluding hydrogens is 370 g/mol. The summed E-state index contributed by atoms with van der Waals surface area (Å²) in [6, 6.07) is 5.18. The molecule has 0 atom stereocenters. The predicted octanol–water partition coefficient (Wildman–Crippen LogP) is 2.26. The number of piperidine rings is 1. The normalized spacial score (nSPS) is 15.3. The van der Waals surface area contributed by atoms with E-state index in [1.54, 1.807) is 37.3 Å². The zero-order chi connectivity index (χ0) is 21.6. The number of nitrogens with one attached hydrogen (secondary N) is 1. The Kier molecular flexibility index (Phi) is 7.90. The summed E-state index contributed by atoms with van der Waals surface area (Å²) in [4.78, 5) is 29.4. The SMILES string of the molecule is COc1cc(OC)cc(C(=O)N2CCC(C(=O)NCC(C)(C)CN(C)C)CC2)c1. The molecule has 2 amide bonds. The highest BCUT2D eigenvalue weighted by Crippen LogP contribution is 2.25. The van der Waals surface area contributed by atoms with Gasteiger partial charge in [-0.05, 0) is 44.5 Å². The number of likely N-dealkylation sites (tertiary alicyclic amines) is 1. The molecule has 0 unspecified atom stereocenters. The number of amides is 2. The molecule has 0 aliphatic carbocycles. The Morgan fingerprint density at radius 1 is 1.10 bits per heavy atom. The quantitative estimate of drug-likeness (QED) is 0.718. The molecule has 1 fully saturated rings. The maximum atomic E-state index is 12.9. The zero-order valence-corrected chi connectivity index (χ0v) is 18.6. The smallest absolute Gasteiger partial charge is 0.254 e. The van der Waals surface area contributed by atoms with Crippen LogP contribution in [0.3, 0.4) is 0 Å². The second-order valence-electron chi connectivity index (χ2n) is 8.79. The highest BCUT2D eigenvalue weighted by Gasteiger charge is 2.29. The number of ether oxygens (including phenoxy) is 2. The average molecular weight is 406 g/mol. The van der Waals surface area contributed by atoms with E-state index in [1.165, 1.54) is 0 Å². The predicted molar refractivity (Wildman–Crippen MR) is 114 cm³/mol. The number of nitrogens with zero attached hydrogens (tertiary/aromatic N) is 2. The molecule has 1 saturated heterocycles. The van der Waals surface area contributed by atoms with Gasteiger partial charge < -0.3 is 24.6 Å². The molecule has 7 nitrogen and oxygen atoms in total. The van der Waals surface area contributed by atoms with Crippen molar-refractivity contribution < 1.29 is 19.1 Å². The summed E-state index contributed by atoms with van der Waals surface area (Å²) in [7, 11) is 7.20. The van der Waals surface area contributed by atoms with E-state index in [9.17, 15) is 9.59 Å². The first-order valence-corrected chi connectivity index (χ1v) is 10.1. The zero-order valence-electron chi connectivity index (χ0n) is 18.6. The van der Waals surface area contributed by atoms with Crippen molar-refractivity contribution in [3.63, 3.8) is 0 Å². The molecule has 0 radical (unpaired) electrons. The summed E-state index contributed by atoms with van der Waals surface area (Å²) in [6.07, 6.45) is 1.35. The van der Waals surface area contributed by atoms with Crippen LogP contribution in [0, 0.1) is 11.3 Å². The van der Waals surface area contributed by atoms with E-state index in [-0.39, 0.29) is 23.1 Å². The van der Waals surface area contributed by atoms with Gasteiger partial charge >= 0.3 is 0 Å². The lowest BCUT2D eigenvalue weighted by molar-refractivity contribution is -0.126. The van der Waals surface area contributed by atoms with Gasteiger partial charge in [-0.25, -0.2) is 0 Å². The van der Waals surface area contributed by atoms with Gasteiger partial charge in [-0.3, -0.25) is 9.59 Å². The van der Waals surface area contributed by atoms with E-state index in [2.05, 4.69) is 24.1 Å². The van der Waals surface area contributed by atoms with Crippen LogP contribution < -0.4 is 14.8 Å². The van der Waals surface area contributed by atoms with E-state index in [4.69, 9.17) is 9.47 Å². The molecule has 162 valence electrons. The third kappa shape index (κ3) is 6.63. The van der Waals surface area contributed by atoms with Crippen molar-refractivity contribution >= 4 is 11.8 Å². The Balaban J connectivity index is 1.90. The molecule has 7 heteroatoms. The maximum absolute atomic E-state index is 12.9. The number of benzene rings is 1. The van der Waals surface area contributed by atoms with Gasteiger partial charge in [-0.2, -0.15) is 0 Å². The second-order valence-corrected chi connectivity index (χ2v) is 8.79. The fraction of sp³-hybridized carbons (Fsp3) is 0.636. The van der Waals surface area contributed by atoms with E-state index in [0.29, 0.717) is 49.5 Å². The van der Waals surface area contributed by atoms with Crippen LogP contribution >= 0.6 is 0 Å². The van der Waals surface area contributed by atoms with Crippen LogP contribution in [-0.2, 0) is 4.79 Å². The molecule has 0 bridgehead atoms. The van der Waals surface area contributed by atoms with Crippen LogP contribution in [0.5, 0.6) is 11.5 Å². The van der Waals surface area contributed by atoms with Crippen LogP contribution in [0.1, 0.15) is 37.0 Å². The average Bonchev–Trinajstić information content (AvgIpc) is 2.70. The molecule has 0 aromatic heterocycles. The third-order valence-corrected chi connectivity index (χ3v) is 5.24. The van der Waals surface area contributed by atoms with Crippen molar-refractivity contribution in [1.29, 1.82) is 0 Å². The molecule has 2 rings (SSSR count). The van der Waals surface area contributed by atoms with E-state index in [1.807, 2.05) is 14.1 Å². The van der Waals surface area contributed by atoms with Gasteiger partial charge in [-0.15, -0.1) is 0 Å². The number of hydrogen-bond donors (Lipinski definition) is 1. The Morgan fingerprint density at radius 2 is 1.66 bits per heavy atom. The summed E-state index contributed by atoms with van der Waals surface area (Å²) in [5, 5.41) is 3.10. The molecule has 1 aliphatic heterocycles. The maximum Gasteiger partial charge on any atom is 0.254 e. The van der Waals surface area contributed by atoms with Gasteiger partial charge in [-0.1, -0.05) is 13.8 Å². The van der Waals surface area contributed by atoms with Crippen molar-refractivity contribution in [2.24, 2.45) is 11.3 Å². The Bertz CT molecular complexity index is 688. The first-order valence-electron chi connectivity index (χ1n) is 10.1. The molecule has 1 N–H and O–H groups in total. The standard InChI is InChI=1S/C22H35N3O4/c1-22(2,15-24(3)4)14-23-20(26)16-7-9-25(10-8-16)21(27)17-11-18(28-5)13-19(12-17)29-6/h11-13,16H,7-10,14-15H2,1-6H3,(H,23,26). The molecule has 0 spiro atoms. The van der Waals surface area contributed by atoms with Gasteiger partial charge in [0.15, 0.2) is 0 Å². The minimum Gasteiger partial charge on any atom is -0.497 e. The Hall–Kier alpha value is -2.28. The van der Waals surface area contributed by atoms with E-state index in [0.717, 1.165) is 6.54 Å². The lowest BCUT2D eigenvalue weighted by Gasteiger charge is -2.33. The van der Waals surface area contributed by atoms with Crippen molar-refractivity contribution in [2.75, 3.05) is 54.5 Å². The van der Waals surface area contributed by atoms with Gasteiger partial charge in [0.1, 0.15) is 11.5 Å².